The first-order chi connectivity index (χ1) is 7.99. The molecule has 0 aliphatic rings. The summed E-state index contributed by atoms with van der Waals surface area (Å²) in [5.41, 5.74) is 7.39. The molecule has 2 aromatic rings. The van der Waals surface area contributed by atoms with Gasteiger partial charge < -0.3 is 5.73 Å². The van der Waals surface area contributed by atoms with E-state index in [9.17, 15) is 4.79 Å². The summed E-state index contributed by atoms with van der Waals surface area (Å²) >= 11 is 7.65. The number of rotatable bonds is 2. The van der Waals surface area contributed by atoms with Gasteiger partial charge in [0, 0.05) is 26.6 Å². The van der Waals surface area contributed by atoms with Gasteiger partial charge in [0.2, 0.25) is 0 Å². The zero-order valence-electron chi connectivity index (χ0n) is 9.58. The predicted molar refractivity (Wildman–Crippen MR) is 73.1 cm³/mol. The van der Waals surface area contributed by atoms with Crippen molar-refractivity contribution in [1.82, 2.24) is 0 Å². The minimum absolute atomic E-state index is 0.0446. The molecule has 17 heavy (non-hydrogen) atoms. The van der Waals surface area contributed by atoms with Crippen LogP contribution < -0.4 is 5.73 Å². The van der Waals surface area contributed by atoms with Gasteiger partial charge in [-0.15, -0.1) is 11.3 Å². The van der Waals surface area contributed by atoms with E-state index in [4.69, 9.17) is 17.3 Å². The monoisotopic (exact) mass is 265 g/mol. The van der Waals surface area contributed by atoms with Gasteiger partial charge in [-0.05, 0) is 38.1 Å². The summed E-state index contributed by atoms with van der Waals surface area (Å²) in [6.07, 6.45) is 0. The Balaban J connectivity index is 2.47. The molecule has 0 unspecified atom stereocenters. The molecule has 1 aromatic heterocycles. The molecule has 0 aliphatic carbocycles. The molecular formula is C13H12ClNOS. The van der Waals surface area contributed by atoms with Gasteiger partial charge >= 0.3 is 0 Å². The topological polar surface area (TPSA) is 43.1 Å². The van der Waals surface area contributed by atoms with Gasteiger partial charge in [-0.1, -0.05) is 11.6 Å². The fourth-order valence-corrected chi connectivity index (χ4v) is 2.91. The molecule has 0 saturated carbocycles. The fraction of sp³-hybridized carbons (Fsp3) is 0.154. The van der Waals surface area contributed by atoms with Crippen molar-refractivity contribution in [2.45, 2.75) is 13.8 Å². The van der Waals surface area contributed by atoms with Crippen molar-refractivity contribution in [1.29, 1.82) is 0 Å². The molecule has 0 saturated heterocycles. The molecule has 88 valence electrons. The van der Waals surface area contributed by atoms with Gasteiger partial charge in [0.1, 0.15) is 0 Å². The first-order valence-corrected chi connectivity index (χ1v) is 6.35. The number of hydrogen-bond acceptors (Lipinski definition) is 3. The van der Waals surface area contributed by atoms with Crippen LogP contribution in [0.5, 0.6) is 0 Å². The largest absolute Gasteiger partial charge is 0.399 e. The summed E-state index contributed by atoms with van der Waals surface area (Å²) in [7, 11) is 0. The summed E-state index contributed by atoms with van der Waals surface area (Å²) in [6, 6.07) is 6.86. The fourth-order valence-electron chi connectivity index (χ4n) is 1.72. The zero-order valence-corrected chi connectivity index (χ0v) is 11.2. The van der Waals surface area contributed by atoms with E-state index >= 15 is 0 Å². The number of thiophene rings is 1. The van der Waals surface area contributed by atoms with Crippen LogP contribution in [-0.2, 0) is 0 Å². The predicted octanol–water partition coefficient (Wildman–Crippen LogP) is 3.83. The minimum Gasteiger partial charge on any atom is -0.399 e. The molecule has 2 rings (SSSR count). The highest BCUT2D eigenvalue weighted by Crippen LogP contribution is 2.27. The third-order valence-electron chi connectivity index (χ3n) is 2.52. The molecule has 2 N–H and O–H groups in total. The minimum atomic E-state index is -0.0446. The number of hydrogen-bond donors (Lipinski definition) is 1. The number of nitrogens with two attached hydrogens (primary N) is 1. The molecule has 0 atom stereocenters. The highest BCUT2D eigenvalue weighted by Gasteiger charge is 2.16. The highest BCUT2D eigenvalue weighted by atomic mass is 35.5. The normalized spacial score (nSPS) is 10.5. The maximum atomic E-state index is 12.3. The standard InChI is InChI=1S/C13H12ClNOS/c1-7-5-11(8(2)17-7)13(16)10-4-3-9(15)6-12(10)14/h3-6H,15H2,1-2H3. The third kappa shape index (κ3) is 2.35. The van der Waals surface area contributed by atoms with Crippen LogP contribution in [-0.4, -0.2) is 5.78 Å². The van der Waals surface area contributed by atoms with E-state index in [-0.39, 0.29) is 5.78 Å². The number of nitrogen functional groups attached to an aromatic ring is 1. The van der Waals surface area contributed by atoms with E-state index in [2.05, 4.69) is 0 Å². The van der Waals surface area contributed by atoms with Gasteiger partial charge in [-0.25, -0.2) is 0 Å². The maximum absolute atomic E-state index is 12.3. The second-order valence-electron chi connectivity index (χ2n) is 3.90. The summed E-state index contributed by atoms with van der Waals surface area (Å²) < 4.78 is 0. The van der Waals surface area contributed by atoms with Crippen LogP contribution in [0.4, 0.5) is 5.69 Å². The van der Waals surface area contributed by atoms with Crippen molar-refractivity contribution < 1.29 is 4.79 Å². The number of halogens is 1. The smallest absolute Gasteiger partial charge is 0.195 e. The van der Waals surface area contributed by atoms with E-state index < -0.39 is 0 Å². The number of aryl methyl sites for hydroxylation is 2. The Labute approximate surface area is 109 Å². The highest BCUT2D eigenvalue weighted by molar-refractivity contribution is 7.12. The van der Waals surface area contributed by atoms with Gasteiger partial charge in [0.15, 0.2) is 5.78 Å². The van der Waals surface area contributed by atoms with Gasteiger partial charge in [-0.2, -0.15) is 0 Å². The van der Waals surface area contributed by atoms with E-state index in [1.807, 2.05) is 19.9 Å². The van der Waals surface area contributed by atoms with Crippen molar-refractivity contribution in [3.63, 3.8) is 0 Å². The Morgan fingerprint density at radius 3 is 2.47 bits per heavy atom. The molecule has 1 heterocycles. The lowest BCUT2D eigenvalue weighted by molar-refractivity contribution is 0.103. The second kappa shape index (κ2) is 4.51. The Hall–Kier alpha value is -1.32. The van der Waals surface area contributed by atoms with Crippen LogP contribution in [0.2, 0.25) is 5.02 Å². The number of ketones is 1. The molecule has 0 radical (unpaired) electrons. The molecule has 0 spiro atoms. The molecule has 0 amide bonds. The molecule has 2 nitrogen and oxygen atoms in total. The van der Waals surface area contributed by atoms with Crippen LogP contribution >= 0.6 is 22.9 Å². The Kier molecular flexibility index (Phi) is 3.22. The summed E-state index contributed by atoms with van der Waals surface area (Å²) in [4.78, 5) is 14.4. The number of carbonyl (C=O) groups is 1. The van der Waals surface area contributed by atoms with E-state index in [1.165, 1.54) is 0 Å². The number of benzene rings is 1. The van der Waals surface area contributed by atoms with Crippen molar-refractivity contribution in [2.24, 2.45) is 0 Å². The third-order valence-corrected chi connectivity index (χ3v) is 3.80. The quantitative estimate of drug-likeness (QED) is 0.662. The van der Waals surface area contributed by atoms with Crippen molar-refractivity contribution in [3.05, 3.63) is 50.2 Å². The summed E-state index contributed by atoms with van der Waals surface area (Å²) in [5, 5.41) is 0.401. The van der Waals surface area contributed by atoms with Crippen molar-refractivity contribution in [3.8, 4) is 0 Å². The lowest BCUT2D eigenvalue weighted by Crippen LogP contribution is -2.02. The molecule has 0 aliphatic heterocycles. The average molecular weight is 266 g/mol. The van der Waals surface area contributed by atoms with Crippen LogP contribution in [0, 0.1) is 13.8 Å². The summed E-state index contributed by atoms with van der Waals surface area (Å²) in [6.45, 7) is 3.93. The molecule has 0 bridgehead atoms. The number of carbonyl (C=O) groups excluding carboxylic acids is 1. The van der Waals surface area contributed by atoms with E-state index in [0.717, 1.165) is 15.3 Å². The van der Waals surface area contributed by atoms with E-state index in [0.29, 0.717) is 16.3 Å². The van der Waals surface area contributed by atoms with Crippen molar-refractivity contribution in [2.75, 3.05) is 5.73 Å². The molecular weight excluding hydrogens is 254 g/mol. The Morgan fingerprint density at radius 1 is 1.24 bits per heavy atom. The molecule has 0 fully saturated rings. The van der Waals surface area contributed by atoms with Gasteiger partial charge in [0.25, 0.3) is 0 Å². The zero-order chi connectivity index (χ0) is 12.6. The maximum Gasteiger partial charge on any atom is 0.195 e. The SMILES string of the molecule is Cc1cc(C(=O)c2ccc(N)cc2Cl)c(C)s1. The summed E-state index contributed by atoms with van der Waals surface area (Å²) in [5.74, 6) is -0.0446. The van der Waals surface area contributed by atoms with Gasteiger partial charge in [-0.3, -0.25) is 4.79 Å². The van der Waals surface area contributed by atoms with Crippen LogP contribution in [0.1, 0.15) is 25.7 Å². The average Bonchev–Trinajstić information content (AvgIpc) is 2.57. The Morgan fingerprint density at radius 2 is 1.94 bits per heavy atom. The second-order valence-corrected chi connectivity index (χ2v) is 5.76. The molecule has 4 heteroatoms. The van der Waals surface area contributed by atoms with Gasteiger partial charge in [0.05, 0.1) is 5.02 Å². The Bertz CT molecular complexity index is 589. The lowest BCUT2D eigenvalue weighted by Gasteiger charge is -2.04. The van der Waals surface area contributed by atoms with Crippen LogP contribution in [0.15, 0.2) is 24.3 Å². The first-order valence-electron chi connectivity index (χ1n) is 5.16. The van der Waals surface area contributed by atoms with Crippen LogP contribution in [0.25, 0.3) is 0 Å². The number of anilines is 1. The van der Waals surface area contributed by atoms with E-state index in [1.54, 1.807) is 29.5 Å². The molecule has 1 aromatic carbocycles. The lowest BCUT2D eigenvalue weighted by atomic mass is 10.0. The van der Waals surface area contributed by atoms with Crippen LogP contribution in [0.3, 0.4) is 0 Å². The van der Waals surface area contributed by atoms with Crippen molar-refractivity contribution >= 4 is 34.4 Å². The first kappa shape index (κ1) is 12.1.